The van der Waals surface area contributed by atoms with Gasteiger partial charge in [0.15, 0.2) is 5.78 Å². The van der Waals surface area contributed by atoms with E-state index in [1.54, 1.807) is 31.3 Å². The van der Waals surface area contributed by atoms with Crippen LogP contribution in [0.3, 0.4) is 0 Å². The van der Waals surface area contributed by atoms with Crippen molar-refractivity contribution >= 4 is 24.0 Å². The van der Waals surface area contributed by atoms with Crippen molar-refractivity contribution in [2.75, 3.05) is 13.2 Å². The third-order valence-electron chi connectivity index (χ3n) is 3.26. The predicted octanol–water partition coefficient (Wildman–Crippen LogP) is 3.39. The van der Waals surface area contributed by atoms with E-state index < -0.39 is 0 Å². The number of Topliss-reactive ketones (excluding diaryl/α,β-unsaturated/α-hetero) is 1. The number of rotatable bonds is 12. The second-order valence-corrected chi connectivity index (χ2v) is 5.34. The summed E-state index contributed by atoms with van der Waals surface area (Å²) in [7, 11) is 0. The average Bonchev–Trinajstić information content (AvgIpc) is 2.59. The van der Waals surface area contributed by atoms with Gasteiger partial charge in [-0.25, -0.2) is 0 Å². The molecule has 0 aliphatic carbocycles. The molecule has 0 N–H and O–H groups in total. The smallest absolute Gasteiger partial charge is 0.177 e. The fourth-order valence-electron chi connectivity index (χ4n) is 1.76. The van der Waals surface area contributed by atoms with E-state index in [1.165, 1.54) is 6.92 Å². The molecule has 0 aliphatic heterocycles. The molecule has 0 saturated carbocycles. The Morgan fingerprint density at radius 1 is 1.04 bits per heavy atom. The van der Waals surface area contributed by atoms with Crippen LogP contribution in [-0.4, -0.2) is 37.2 Å². The summed E-state index contributed by atoms with van der Waals surface area (Å²) in [4.78, 5) is 31.8. The summed E-state index contributed by atoms with van der Waals surface area (Å²) in [5.74, 6) is -0.0782. The summed E-state index contributed by atoms with van der Waals surface area (Å²) in [5, 5.41) is 7.61. The summed E-state index contributed by atoms with van der Waals surface area (Å²) in [6, 6.07) is 7.14. The number of benzene rings is 1. The molecule has 0 spiro atoms. The largest absolute Gasteiger partial charge is 0.396 e. The first-order chi connectivity index (χ1) is 11.6. The fraction of sp³-hybridized carbons (Fsp3) is 0.444. The number of ketones is 1. The van der Waals surface area contributed by atoms with Crippen molar-refractivity contribution in [1.82, 2.24) is 0 Å². The van der Waals surface area contributed by atoms with E-state index >= 15 is 0 Å². The van der Waals surface area contributed by atoms with E-state index in [1.807, 2.05) is 6.07 Å². The Morgan fingerprint density at radius 2 is 1.71 bits per heavy atom. The van der Waals surface area contributed by atoms with E-state index in [9.17, 15) is 9.59 Å². The molecule has 1 aromatic rings. The van der Waals surface area contributed by atoms with Gasteiger partial charge in [0.05, 0.1) is 6.21 Å². The lowest BCUT2D eigenvalue weighted by atomic mass is 10.1. The number of hydrogen-bond donors (Lipinski definition) is 0. The highest BCUT2D eigenvalue weighted by atomic mass is 16.6. The molecule has 24 heavy (non-hydrogen) atoms. The van der Waals surface area contributed by atoms with Crippen molar-refractivity contribution < 1.29 is 19.3 Å². The molecule has 0 fully saturated rings. The Morgan fingerprint density at radius 3 is 2.38 bits per heavy atom. The Labute approximate surface area is 142 Å². The van der Waals surface area contributed by atoms with Crippen LogP contribution in [0.1, 0.15) is 55.5 Å². The minimum atomic E-state index is -0.0782. The lowest BCUT2D eigenvalue weighted by Gasteiger charge is -2.01. The minimum Gasteiger partial charge on any atom is -0.396 e. The van der Waals surface area contributed by atoms with Gasteiger partial charge in [-0.3, -0.25) is 9.59 Å². The van der Waals surface area contributed by atoms with Gasteiger partial charge in [0.25, 0.3) is 0 Å². The predicted molar refractivity (Wildman–Crippen MR) is 93.6 cm³/mol. The van der Waals surface area contributed by atoms with Crippen molar-refractivity contribution in [2.24, 2.45) is 10.3 Å². The van der Waals surface area contributed by atoms with Gasteiger partial charge in [-0.05, 0) is 44.2 Å². The monoisotopic (exact) mass is 332 g/mol. The Bertz CT molecular complexity index is 582. The van der Waals surface area contributed by atoms with E-state index in [4.69, 9.17) is 9.68 Å². The molecule has 6 heteroatoms. The maximum absolute atomic E-state index is 10.9. The molecule has 0 atom stereocenters. The zero-order valence-electron chi connectivity index (χ0n) is 14.2. The van der Waals surface area contributed by atoms with Crippen LogP contribution in [0.2, 0.25) is 0 Å². The van der Waals surface area contributed by atoms with Crippen LogP contribution in [0.4, 0.5) is 0 Å². The molecule has 0 radical (unpaired) electrons. The van der Waals surface area contributed by atoms with E-state index in [0.717, 1.165) is 37.5 Å². The van der Waals surface area contributed by atoms with Gasteiger partial charge in [0.1, 0.15) is 25.2 Å². The molecule has 0 saturated heterocycles. The molecule has 0 aromatic heterocycles. The highest BCUT2D eigenvalue weighted by Gasteiger charge is 1.97. The zero-order chi connectivity index (χ0) is 17.6. The third-order valence-corrected chi connectivity index (χ3v) is 3.26. The number of aldehydes is 1. The highest BCUT2D eigenvalue weighted by Crippen LogP contribution is 2.02. The quantitative estimate of drug-likeness (QED) is 0.254. The Balaban J connectivity index is 2.02. The van der Waals surface area contributed by atoms with Crippen LogP contribution in [0.5, 0.6) is 0 Å². The second kappa shape index (κ2) is 12.0. The lowest BCUT2D eigenvalue weighted by molar-refractivity contribution is -0.111. The summed E-state index contributed by atoms with van der Waals surface area (Å²) < 4.78 is 0. The third kappa shape index (κ3) is 8.82. The first kappa shape index (κ1) is 19.5. The summed E-state index contributed by atoms with van der Waals surface area (Å²) in [6.45, 7) is 4.15. The van der Waals surface area contributed by atoms with Gasteiger partial charge in [-0.15, -0.1) is 0 Å². The number of oxime groups is 2. The van der Waals surface area contributed by atoms with Gasteiger partial charge < -0.3 is 9.68 Å². The van der Waals surface area contributed by atoms with E-state index in [2.05, 4.69) is 10.3 Å². The van der Waals surface area contributed by atoms with Crippen molar-refractivity contribution in [1.29, 1.82) is 0 Å². The number of hydrogen-bond acceptors (Lipinski definition) is 6. The van der Waals surface area contributed by atoms with Gasteiger partial charge in [-0.1, -0.05) is 28.5 Å². The van der Waals surface area contributed by atoms with E-state index in [0.29, 0.717) is 24.5 Å². The van der Waals surface area contributed by atoms with Crippen LogP contribution in [0.15, 0.2) is 34.6 Å². The second-order valence-electron chi connectivity index (χ2n) is 5.34. The van der Waals surface area contributed by atoms with Gasteiger partial charge >= 0.3 is 0 Å². The molecular weight excluding hydrogens is 308 g/mol. The maximum atomic E-state index is 10.9. The van der Waals surface area contributed by atoms with Crippen molar-refractivity contribution in [2.45, 2.75) is 39.5 Å². The molecule has 6 nitrogen and oxygen atoms in total. The highest BCUT2D eigenvalue weighted by molar-refractivity contribution is 6.37. The topological polar surface area (TPSA) is 77.3 Å². The van der Waals surface area contributed by atoms with Gasteiger partial charge in [0.2, 0.25) is 0 Å². The minimum absolute atomic E-state index is 0.0782. The molecule has 0 aliphatic rings. The zero-order valence-corrected chi connectivity index (χ0v) is 14.2. The van der Waals surface area contributed by atoms with Crippen LogP contribution in [0.25, 0.3) is 0 Å². The van der Waals surface area contributed by atoms with Crippen molar-refractivity contribution in [3.63, 3.8) is 0 Å². The molecule has 0 bridgehead atoms. The lowest BCUT2D eigenvalue weighted by Crippen LogP contribution is -2.05. The first-order valence-corrected chi connectivity index (χ1v) is 8.01. The maximum Gasteiger partial charge on any atom is 0.177 e. The number of carbonyl (C=O) groups excluding carboxylic acids is 2. The van der Waals surface area contributed by atoms with Gasteiger partial charge in [0, 0.05) is 12.5 Å². The molecular formula is C18H24N2O4. The SMILES string of the molecule is CC(=O)C(C)=NOCCCCCCON=Cc1cccc(C=O)c1. The molecule has 1 rings (SSSR count). The summed E-state index contributed by atoms with van der Waals surface area (Å²) in [6.07, 6.45) is 6.20. The first-order valence-electron chi connectivity index (χ1n) is 8.01. The summed E-state index contributed by atoms with van der Waals surface area (Å²) in [5.41, 5.74) is 1.84. The Kier molecular flexibility index (Phi) is 9.76. The van der Waals surface area contributed by atoms with Gasteiger partial charge in [-0.2, -0.15) is 0 Å². The normalized spacial score (nSPS) is 11.5. The molecule has 1 aromatic carbocycles. The molecule has 0 heterocycles. The Hall–Kier alpha value is -2.50. The van der Waals surface area contributed by atoms with Crippen LogP contribution in [-0.2, 0) is 14.5 Å². The number of unbranched alkanes of at least 4 members (excludes halogenated alkanes) is 3. The average molecular weight is 332 g/mol. The van der Waals surface area contributed by atoms with Crippen LogP contribution >= 0.6 is 0 Å². The van der Waals surface area contributed by atoms with Crippen molar-refractivity contribution in [3.8, 4) is 0 Å². The summed E-state index contributed by atoms with van der Waals surface area (Å²) >= 11 is 0. The number of nitrogens with zero attached hydrogens (tertiary/aromatic N) is 2. The van der Waals surface area contributed by atoms with E-state index in [-0.39, 0.29) is 5.78 Å². The molecule has 130 valence electrons. The number of carbonyl (C=O) groups is 2. The van der Waals surface area contributed by atoms with Crippen LogP contribution < -0.4 is 0 Å². The van der Waals surface area contributed by atoms with Crippen molar-refractivity contribution in [3.05, 3.63) is 35.4 Å². The fourth-order valence-corrected chi connectivity index (χ4v) is 1.76. The standard InChI is InChI=1S/C18H24N2O4/c1-15(16(2)22)20-24-11-6-4-3-5-10-23-19-13-17-8-7-9-18(12-17)14-21/h7-9,12-14H,3-6,10-11H2,1-2H3. The molecule has 0 unspecified atom stereocenters. The molecule has 0 amide bonds. The van der Waals surface area contributed by atoms with Crippen LogP contribution in [0, 0.1) is 0 Å².